The highest BCUT2D eigenvalue weighted by Gasteiger charge is 2.52. The van der Waals surface area contributed by atoms with Crippen LogP contribution in [-0.4, -0.2) is 49.9 Å². The first kappa shape index (κ1) is 33.1. The molecule has 0 heterocycles. The predicted molar refractivity (Wildman–Crippen MR) is 144 cm³/mol. The van der Waals surface area contributed by atoms with Crippen LogP contribution in [0.2, 0.25) is 0 Å². The lowest BCUT2D eigenvalue weighted by Crippen LogP contribution is -2.52. The monoisotopic (exact) mass is 594 g/mol. The summed E-state index contributed by atoms with van der Waals surface area (Å²) in [4.78, 5) is 0. The van der Waals surface area contributed by atoms with E-state index in [4.69, 9.17) is 80.7 Å². The fourth-order valence-corrected chi connectivity index (χ4v) is 9.89. The normalized spacial score (nSPS) is 15.8. The highest BCUT2D eigenvalue weighted by molar-refractivity contribution is 7.66. The highest BCUT2D eigenvalue weighted by Crippen LogP contribution is 2.41. The lowest BCUT2D eigenvalue weighted by molar-refractivity contribution is -0.0107. The van der Waals surface area contributed by atoms with Crippen molar-refractivity contribution in [2.75, 3.05) is 26.4 Å². The molecule has 0 aliphatic heterocycles. The summed E-state index contributed by atoms with van der Waals surface area (Å²) in [6, 6.07) is -6.49. The van der Waals surface area contributed by atoms with Crippen LogP contribution in [0.15, 0.2) is 0 Å². The van der Waals surface area contributed by atoms with Gasteiger partial charge in [0, 0.05) is 32.3 Å². The third kappa shape index (κ3) is 16.4. The van der Waals surface area contributed by atoms with E-state index in [-0.39, 0.29) is 5.92 Å². The molecule has 0 rings (SSSR count). The molecular weight excluding hydrogens is 557 g/mol. The van der Waals surface area contributed by atoms with Gasteiger partial charge in [0.25, 0.3) is 0 Å². The van der Waals surface area contributed by atoms with Gasteiger partial charge in [-0.3, -0.25) is 0 Å². The molecule has 0 amide bonds. The standard InChI is InChI=1S/C20H40Cl6O3Si2/c1-4-7-8-9-10-11-16-27-17-12-13-18(19(28-14-5-2)30(21,22)23)20(29-15-6-3)31(24,25)26/h18-20H,4-17H2,1-3H3. The average Bonchev–Trinajstić information content (AvgIpc) is 2.67. The van der Waals surface area contributed by atoms with Gasteiger partial charge >= 0.3 is 12.0 Å². The number of unbranched alkanes of at least 4 members (excludes halogenated alkanes) is 5. The Kier molecular flexibility index (Phi) is 20.5. The molecule has 0 bridgehead atoms. The maximum Gasteiger partial charge on any atom is 0.369 e. The quantitative estimate of drug-likeness (QED) is 0.0753. The van der Waals surface area contributed by atoms with Crippen molar-refractivity contribution < 1.29 is 14.2 Å². The van der Waals surface area contributed by atoms with Gasteiger partial charge < -0.3 is 14.2 Å². The van der Waals surface area contributed by atoms with Crippen LogP contribution in [0.25, 0.3) is 0 Å². The van der Waals surface area contributed by atoms with Crippen LogP contribution in [0.3, 0.4) is 0 Å². The second kappa shape index (κ2) is 19.3. The van der Waals surface area contributed by atoms with E-state index in [1.54, 1.807) is 0 Å². The Balaban J connectivity index is 4.94. The highest BCUT2D eigenvalue weighted by atomic mass is 35.8. The molecule has 31 heavy (non-hydrogen) atoms. The zero-order valence-corrected chi connectivity index (χ0v) is 25.7. The van der Waals surface area contributed by atoms with Crippen LogP contribution >= 0.6 is 66.5 Å². The van der Waals surface area contributed by atoms with Gasteiger partial charge in [-0.1, -0.05) is 52.9 Å². The molecule has 0 radical (unpaired) electrons. The molecule has 2 unspecified atom stereocenters. The molecule has 0 aromatic heterocycles. The molecule has 0 aromatic rings. The van der Waals surface area contributed by atoms with Crippen LogP contribution in [0.5, 0.6) is 0 Å². The minimum atomic E-state index is -3.25. The van der Waals surface area contributed by atoms with Crippen LogP contribution in [0.1, 0.15) is 85.0 Å². The van der Waals surface area contributed by atoms with Gasteiger partial charge in [-0.25, -0.2) is 0 Å². The Hall–Kier alpha value is 2.05. The van der Waals surface area contributed by atoms with E-state index >= 15 is 0 Å². The first-order chi connectivity index (χ1) is 14.6. The summed E-state index contributed by atoms with van der Waals surface area (Å²) in [7, 11) is 0. The molecule has 0 saturated heterocycles. The second-order valence-electron chi connectivity index (χ2n) is 7.85. The molecule has 0 N–H and O–H groups in total. The predicted octanol–water partition coefficient (Wildman–Crippen LogP) is 8.74. The molecule has 2 atom stereocenters. The van der Waals surface area contributed by atoms with Crippen LogP contribution < -0.4 is 0 Å². The Morgan fingerprint density at radius 2 is 1.00 bits per heavy atom. The van der Waals surface area contributed by atoms with Crippen molar-refractivity contribution >= 4 is 78.5 Å². The number of hydrogen-bond donors (Lipinski definition) is 0. The minimum Gasteiger partial charge on any atom is -0.381 e. The van der Waals surface area contributed by atoms with Crippen molar-refractivity contribution in [3.8, 4) is 0 Å². The smallest absolute Gasteiger partial charge is 0.369 e. The molecule has 3 nitrogen and oxygen atoms in total. The molecule has 188 valence electrons. The van der Waals surface area contributed by atoms with Crippen molar-refractivity contribution in [2.45, 2.75) is 96.4 Å². The van der Waals surface area contributed by atoms with E-state index in [1.165, 1.54) is 32.1 Å². The summed E-state index contributed by atoms with van der Waals surface area (Å²) in [5, 5.41) is 0. The number of halogens is 6. The molecule has 0 aliphatic carbocycles. The van der Waals surface area contributed by atoms with Crippen molar-refractivity contribution in [1.29, 1.82) is 0 Å². The van der Waals surface area contributed by atoms with Crippen LogP contribution in [-0.2, 0) is 14.2 Å². The zero-order valence-electron chi connectivity index (χ0n) is 19.1. The second-order valence-corrected chi connectivity index (χ2v) is 25.4. The number of rotatable bonds is 21. The van der Waals surface area contributed by atoms with E-state index < -0.39 is 23.5 Å². The Labute approximate surface area is 220 Å². The van der Waals surface area contributed by atoms with Gasteiger partial charge in [0.15, 0.2) is 0 Å². The Morgan fingerprint density at radius 1 is 0.548 bits per heavy atom. The first-order valence-electron chi connectivity index (χ1n) is 11.5. The topological polar surface area (TPSA) is 27.7 Å². The summed E-state index contributed by atoms with van der Waals surface area (Å²) < 4.78 is 17.8. The van der Waals surface area contributed by atoms with Crippen molar-refractivity contribution in [3.63, 3.8) is 0 Å². The van der Waals surface area contributed by atoms with Gasteiger partial charge in [-0.15, -0.1) is 66.5 Å². The van der Waals surface area contributed by atoms with E-state index in [9.17, 15) is 0 Å². The van der Waals surface area contributed by atoms with Gasteiger partial charge in [0.2, 0.25) is 0 Å². The van der Waals surface area contributed by atoms with Crippen molar-refractivity contribution in [3.05, 3.63) is 0 Å². The largest absolute Gasteiger partial charge is 0.381 e. The van der Waals surface area contributed by atoms with E-state index in [1.807, 2.05) is 13.8 Å². The third-order valence-corrected chi connectivity index (χ3v) is 11.2. The molecule has 0 fully saturated rings. The van der Waals surface area contributed by atoms with E-state index in [0.717, 1.165) is 32.3 Å². The van der Waals surface area contributed by atoms with Gasteiger partial charge in [-0.05, 0) is 32.1 Å². The van der Waals surface area contributed by atoms with Gasteiger partial charge in [0.05, 0.1) is 11.5 Å². The lowest BCUT2D eigenvalue weighted by Gasteiger charge is -2.38. The summed E-state index contributed by atoms with van der Waals surface area (Å²) in [5.41, 5.74) is -1.19. The minimum absolute atomic E-state index is 0.297. The maximum absolute atomic E-state index is 6.44. The SMILES string of the molecule is CCCCCCCCOCCCC(C(OCCC)[Si](Cl)(Cl)Cl)C(OCCC)[Si](Cl)(Cl)Cl. The summed E-state index contributed by atoms with van der Waals surface area (Å²) >= 11 is 38.6. The Bertz CT molecular complexity index is 399. The maximum atomic E-state index is 6.44. The summed E-state index contributed by atoms with van der Waals surface area (Å²) in [5.74, 6) is -0.297. The van der Waals surface area contributed by atoms with Gasteiger partial charge in [0.1, 0.15) is 0 Å². The average molecular weight is 597 g/mol. The van der Waals surface area contributed by atoms with E-state index in [0.29, 0.717) is 26.2 Å². The lowest BCUT2D eigenvalue weighted by atomic mass is 10.0. The Morgan fingerprint density at radius 3 is 1.45 bits per heavy atom. The summed E-state index contributed by atoms with van der Waals surface area (Å²) in [6.07, 6.45) is 10.5. The fraction of sp³-hybridized carbons (Fsp3) is 1.00. The van der Waals surface area contributed by atoms with Crippen LogP contribution in [0, 0.1) is 5.92 Å². The summed E-state index contributed by atoms with van der Waals surface area (Å²) in [6.45, 7) is 8.60. The third-order valence-electron chi connectivity index (χ3n) is 4.89. The van der Waals surface area contributed by atoms with Crippen molar-refractivity contribution in [2.24, 2.45) is 5.92 Å². The molecule has 0 spiro atoms. The fourth-order valence-electron chi connectivity index (χ4n) is 3.38. The number of hydrogen-bond acceptors (Lipinski definition) is 3. The van der Waals surface area contributed by atoms with Crippen LogP contribution in [0.4, 0.5) is 0 Å². The van der Waals surface area contributed by atoms with Crippen molar-refractivity contribution in [1.82, 2.24) is 0 Å². The first-order valence-corrected chi connectivity index (χ1v) is 21.8. The molecule has 0 saturated carbocycles. The van der Waals surface area contributed by atoms with Gasteiger partial charge in [-0.2, -0.15) is 0 Å². The molecule has 0 aromatic carbocycles. The number of ether oxygens (including phenoxy) is 3. The molecular formula is C20H40Cl6O3Si2. The zero-order chi connectivity index (χ0) is 23.8. The molecule has 11 heteroatoms. The molecule has 0 aliphatic rings. The van der Waals surface area contributed by atoms with E-state index in [2.05, 4.69) is 6.92 Å².